The Morgan fingerprint density at radius 3 is 2.52 bits per heavy atom. The molecule has 1 aliphatic rings. The Labute approximate surface area is 137 Å². The summed E-state index contributed by atoms with van der Waals surface area (Å²) in [6.07, 6.45) is 3.07. The van der Waals surface area contributed by atoms with Crippen molar-refractivity contribution in [2.24, 2.45) is 5.10 Å². The number of nitrogens with zero attached hydrogens (tertiary/aromatic N) is 1. The van der Waals surface area contributed by atoms with Crippen LogP contribution in [0, 0.1) is 0 Å². The number of carbonyl (C=O) groups excluding carboxylic acids is 1. The Kier molecular flexibility index (Phi) is 4.56. The van der Waals surface area contributed by atoms with Crippen LogP contribution in [0.1, 0.15) is 59.7 Å². The molecule has 0 saturated carbocycles. The molecule has 1 N–H and O–H groups in total. The quantitative estimate of drug-likeness (QED) is 0.845. The molecule has 0 saturated heterocycles. The van der Waals surface area contributed by atoms with Gasteiger partial charge in [0.1, 0.15) is 0 Å². The van der Waals surface area contributed by atoms with Crippen molar-refractivity contribution in [3.8, 4) is 0 Å². The molecule has 0 heterocycles. The molecule has 0 fully saturated rings. The number of hydrogen-bond donors (Lipinski definition) is 1. The van der Waals surface area contributed by atoms with Crippen molar-refractivity contribution in [1.82, 2.24) is 5.43 Å². The van der Waals surface area contributed by atoms with Crippen LogP contribution in [-0.2, 0) is 6.42 Å². The summed E-state index contributed by atoms with van der Waals surface area (Å²) in [6.45, 7) is 4.28. The number of hydrazone groups is 1. The third kappa shape index (κ3) is 3.50. The van der Waals surface area contributed by atoms with Crippen LogP contribution in [0.25, 0.3) is 0 Å². The normalized spacial score (nSPS) is 15.5. The molecule has 23 heavy (non-hydrogen) atoms. The summed E-state index contributed by atoms with van der Waals surface area (Å²) in [6, 6.07) is 16.0. The summed E-state index contributed by atoms with van der Waals surface area (Å²) in [5.41, 5.74) is 8.03. The lowest BCUT2D eigenvalue weighted by molar-refractivity contribution is 0.0954. The molecule has 2 aromatic carbocycles. The van der Waals surface area contributed by atoms with E-state index in [1.54, 1.807) is 0 Å². The highest BCUT2D eigenvalue weighted by Gasteiger charge is 2.15. The highest BCUT2D eigenvalue weighted by molar-refractivity contribution is 6.04. The molecule has 1 aliphatic carbocycles. The fourth-order valence-electron chi connectivity index (χ4n) is 2.92. The summed E-state index contributed by atoms with van der Waals surface area (Å²) in [7, 11) is 0. The van der Waals surface area contributed by atoms with E-state index in [4.69, 9.17) is 0 Å². The number of aryl methyl sites for hydroxylation is 1. The number of amides is 1. The molecular weight excluding hydrogens is 284 g/mol. The molecule has 0 aliphatic heterocycles. The molecule has 0 aromatic heterocycles. The average Bonchev–Trinajstić information content (AvgIpc) is 2.59. The van der Waals surface area contributed by atoms with E-state index in [0.29, 0.717) is 11.5 Å². The minimum atomic E-state index is -0.157. The van der Waals surface area contributed by atoms with Crippen LogP contribution in [0.5, 0.6) is 0 Å². The minimum Gasteiger partial charge on any atom is -0.267 e. The summed E-state index contributed by atoms with van der Waals surface area (Å²) in [4.78, 5) is 12.3. The number of hydrogen-bond acceptors (Lipinski definition) is 2. The third-order valence-electron chi connectivity index (χ3n) is 4.32. The zero-order chi connectivity index (χ0) is 16.2. The molecule has 0 bridgehead atoms. The van der Waals surface area contributed by atoms with Gasteiger partial charge in [-0.25, -0.2) is 5.43 Å². The van der Waals surface area contributed by atoms with Crippen LogP contribution in [0.4, 0.5) is 0 Å². The van der Waals surface area contributed by atoms with Crippen LogP contribution in [0.2, 0.25) is 0 Å². The Morgan fingerprint density at radius 2 is 1.78 bits per heavy atom. The van der Waals surface area contributed by atoms with E-state index < -0.39 is 0 Å². The molecule has 118 valence electrons. The number of rotatable bonds is 3. The maximum atomic E-state index is 12.3. The lowest BCUT2D eigenvalue weighted by atomic mass is 9.90. The predicted molar refractivity (Wildman–Crippen MR) is 93.9 cm³/mol. The van der Waals surface area contributed by atoms with Gasteiger partial charge in [-0.3, -0.25) is 4.79 Å². The van der Waals surface area contributed by atoms with Gasteiger partial charge in [0, 0.05) is 11.1 Å². The van der Waals surface area contributed by atoms with Crippen LogP contribution < -0.4 is 5.43 Å². The number of fused-ring (bicyclic) bond motifs is 1. The van der Waals surface area contributed by atoms with E-state index in [9.17, 15) is 4.79 Å². The Balaban J connectivity index is 1.74. The molecular formula is C20H22N2O. The van der Waals surface area contributed by atoms with Gasteiger partial charge in [-0.1, -0.05) is 50.2 Å². The van der Waals surface area contributed by atoms with Gasteiger partial charge >= 0.3 is 0 Å². The van der Waals surface area contributed by atoms with Gasteiger partial charge in [0.25, 0.3) is 5.91 Å². The second-order valence-corrected chi connectivity index (χ2v) is 6.29. The SMILES string of the molecule is CC(C)c1ccc(C(=O)N/N=C2/CCCc3ccccc32)cc1. The molecule has 0 unspecified atom stereocenters. The first-order chi connectivity index (χ1) is 11.1. The largest absolute Gasteiger partial charge is 0.271 e. The van der Waals surface area contributed by atoms with Crippen molar-refractivity contribution in [3.05, 3.63) is 70.8 Å². The van der Waals surface area contributed by atoms with Gasteiger partial charge in [-0.2, -0.15) is 5.10 Å². The van der Waals surface area contributed by atoms with Gasteiger partial charge in [0.2, 0.25) is 0 Å². The first-order valence-corrected chi connectivity index (χ1v) is 8.20. The first-order valence-electron chi connectivity index (χ1n) is 8.20. The van der Waals surface area contributed by atoms with Crippen LogP contribution in [0.3, 0.4) is 0 Å². The second-order valence-electron chi connectivity index (χ2n) is 6.29. The molecule has 0 atom stereocenters. The Hall–Kier alpha value is -2.42. The van der Waals surface area contributed by atoms with Crippen molar-refractivity contribution in [3.63, 3.8) is 0 Å². The fraction of sp³-hybridized carbons (Fsp3) is 0.300. The van der Waals surface area contributed by atoms with E-state index in [-0.39, 0.29) is 5.91 Å². The van der Waals surface area contributed by atoms with Crippen LogP contribution in [-0.4, -0.2) is 11.6 Å². The summed E-state index contributed by atoms with van der Waals surface area (Å²) >= 11 is 0. The standard InChI is InChI=1S/C20H22N2O/c1-14(2)15-10-12-17(13-11-15)20(23)22-21-19-9-5-7-16-6-3-4-8-18(16)19/h3-4,6,8,10-14H,5,7,9H2,1-2H3,(H,22,23)/b21-19-. The third-order valence-corrected chi connectivity index (χ3v) is 4.32. The molecule has 3 rings (SSSR count). The number of nitrogens with one attached hydrogen (secondary N) is 1. The van der Waals surface area contributed by atoms with Gasteiger partial charge < -0.3 is 0 Å². The Bertz CT molecular complexity index is 730. The van der Waals surface area contributed by atoms with E-state index in [2.05, 4.69) is 42.6 Å². The van der Waals surface area contributed by atoms with Crippen molar-refractivity contribution in [2.45, 2.75) is 39.0 Å². The monoisotopic (exact) mass is 306 g/mol. The highest BCUT2D eigenvalue weighted by atomic mass is 16.2. The highest BCUT2D eigenvalue weighted by Crippen LogP contribution is 2.21. The topological polar surface area (TPSA) is 41.5 Å². The van der Waals surface area contributed by atoms with Crippen molar-refractivity contribution in [2.75, 3.05) is 0 Å². The van der Waals surface area contributed by atoms with E-state index in [0.717, 1.165) is 30.5 Å². The smallest absolute Gasteiger partial charge is 0.267 e. The van der Waals surface area contributed by atoms with Gasteiger partial charge in [-0.15, -0.1) is 0 Å². The molecule has 0 radical (unpaired) electrons. The molecule has 3 nitrogen and oxygen atoms in total. The van der Waals surface area contributed by atoms with Gasteiger partial charge in [0.15, 0.2) is 0 Å². The maximum absolute atomic E-state index is 12.3. The lowest BCUT2D eigenvalue weighted by Gasteiger charge is -2.17. The summed E-state index contributed by atoms with van der Waals surface area (Å²) in [5.74, 6) is 0.307. The average molecular weight is 306 g/mol. The van der Waals surface area contributed by atoms with Crippen molar-refractivity contribution < 1.29 is 4.79 Å². The molecule has 0 spiro atoms. The molecule has 2 aromatic rings. The van der Waals surface area contributed by atoms with Gasteiger partial charge in [0.05, 0.1) is 5.71 Å². The second kappa shape index (κ2) is 6.78. The predicted octanol–water partition coefficient (Wildman–Crippen LogP) is 4.28. The summed E-state index contributed by atoms with van der Waals surface area (Å²) < 4.78 is 0. The molecule has 1 amide bonds. The zero-order valence-corrected chi connectivity index (χ0v) is 13.7. The van der Waals surface area contributed by atoms with Crippen molar-refractivity contribution >= 4 is 11.6 Å². The fourth-order valence-corrected chi connectivity index (χ4v) is 2.92. The minimum absolute atomic E-state index is 0.157. The molecule has 3 heteroatoms. The first kappa shape index (κ1) is 15.5. The number of benzene rings is 2. The van der Waals surface area contributed by atoms with E-state index in [1.165, 1.54) is 11.1 Å². The van der Waals surface area contributed by atoms with Crippen LogP contribution in [0.15, 0.2) is 53.6 Å². The van der Waals surface area contributed by atoms with E-state index in [1.807, 2.05) is 30.3 Å². The lowest BCUT2D eigenvalue weighted by Crippen LogP contribution is -2.22. The van der Waals surface area contributed by atoms with Crippen LogP contribution >= 0.6 is 0 Å². The van der Waals surface area contributed by atoms with Gasteiger partial charge in [-0.05, 0) is 48.4 Å². The van der Waals surface area contributed by atoms with Crippen molar-refractivity contribution in [1.29, 1.82) is 0 Å². The van der Waals surface area contributed by atoms with E-state index >= 15 is 0 Å². The maximum Gasteiger partial charge on any atom is 0.271 e. The zero-order valence-electron chi connectivity index (χ0n) is 13.7. The summed E-state index contributed by atoms with van der Waals surface area (Å²) in [5, 5.41) is 4.38. The number of carbonyl (C=O) groups is 1. The Morgan fingerprint density at radius 1 is 1.04 bits per heavy atom.